The van der Waals surface area contributed by atoms with Gasteiger partial charge >= 0.3 is 11.6 Å². The minimum atomic E-state index is -0.552. The van der Waals surface area contributed by atoms with Gasteiger partial charge in [-0.2, -0.15) is 4.98 Å². The van der Waals surface area contributed by atoms with Crippen molar-refractivity contribution in [1.82, 2.24) is 9.97 Å². The third-order valence-electron chi connectivity index (χ3n) is 5.00. The van der Waals surface area contributed by atoms with E-state index in [1.54, 1.807) is 47.4 Å². The number of methoxy groups -OCH3 is 1. The van der Waals surface area contributed by atoms with E-state index in [0.29, 0.717) is 43.4 Å². The van der Waals surface area contributed by atoms with E-state index in [9.17, 15) is 14.5 Å². The molecule has 0 bridgehead atoms. The molecule has 0 N–H and O–H groups in total. The summed E-state index contributed by atoms with van der Waals surface area (Å²) in [7, 11) is 1.48. The monoisotopic (exact) mass is 425 g/mol. The average molecular weight is 425 g/mol. The number of para-hydroxylation sites is 3. The second-order valence-electron chi connectivity index (χ2n) is 6.79. The van der Waals surface area contributed by atoms with E-state index >= 15 is 0 Å². The fourth-order valence-electron chi connectivity index (χ4n) is 3.49. The summed E-state index contributed by atoms with van der Waals surface area (Å²) >= 11 is 0. The molecule has 1 aliphatic heterocycles. The van der Waals surface area contributed by atoms with Gasteiger partial charge in [0.1, 0.15) is 12.1 Å². The van der Waals surface area contributed by atoms with Crippen LogP contribution >= 0.6 is 0 Å². The van der Waals surface area contributed by atoms with Gasteiger partial charge in [0.25, 0.3) is 0 Å². The number of nitrogens with zero attached hydrogens (tertiary/aromatic N) is 5. The van der Waals surface area contributed by atoms with Crippen molar-refractivity contribution in [2.24, 2.45) is 0 Å². The van der Waals surface area contributed by atoms with Crippen molar-refractivity contribution in [2.45, 2.75) is 0 Å². The van der Waals surface area contributed by atoms with Crippen molar-refractivity contribution in [3.63, 3.8) is 0 Å². The summed E-state index contributed by atoms with van der Waals surface area (Å²) < 4.78 is 25.1. The molecular weight excluding hydrogens is 405 g/mol. The molecule has 1 aliphatic rings. The van der Waals surface area contributed by atoms with Gasteiger partial charge in [-0.1, -0.05) is 24.3 Å². The summed E-state index contributed by atoms with van der Waals surface area (Å²) in [5.41, 5.74) is 0.187. The molecule has 31 heavy (non-hydrogen) atoms. The molecule has 2 aromatic carbocycles. The number of benzene rings is 2. The number of halogens is 1. The molecule has 0 atom stereocenters. The number of hydrogen-bond acceptors (Lipinski definition) is 8. The molecule has 1 fully saturated rings. The van der Waals surface area contributed by atoms with Gasteiger partial charge in [0.15, 0.2) is 11.5 Å². The van der Waals surface area contributed by atoms with Crippen molar-refractivity contribution in [1.29, 1.82) is 0 Å². The second kappa shape index (κ2) is 8.82. The van der Waals surface area contributed by atoms with Crippen molar-refractivity contribution >= 4 is 17.2 Å². The number of rotatable bonds is 6. The first-order chi connectivity index (χ1) is 15.1. The minimum Gasteiger partial charge on any atom is -0.493 e. The summed E-state index contributed by atoms with van der Waals surface area (Å²) in [6.07, 6.45) is 1.23. The SMILES string of the molecule is COc1ccccc1Oc1ncnc(N2CCN(c3ccccc3F)CC2)c1[N+](=O)[O-]. The fraction of sp³-hybridized carbons (Fsp3) is 0.238. The highest BCUT2D eigenvalue weighted by Gasteiger charge is 2.31. The van der Waals surface area contributed by atoms with Gasteiger partial charge in [-0.3, -0.25) is 10.1 Å². The van der Waals surface area contributed by atoms with Crippen LogP contribution in [0.5, 0.6) is 17.4 Å². The molecule has 0 unspecified atom stereocenters. The second-order valence-corrected chi connectivity index (χ2v) is 6.79. The maximum atomic E-state index is 14.1. The molecule has 4 rings (SSSR count). The molecule has 1 aromatic heterocycles. The summed E-state index contributed by atoms with van der Waals surface area (Å²) in [4.78, 5) is 23.2. The van der Waals surface area contributed by atoms with Crippen LogP contribution < -0.4 is 19.3 Å². The highest BCUT2D eigenvalue weighted by atomic mass is 19.1. The molecule has 0 radical (unpaired) electrons. The molecule has 160 valence electrons. The van der Waals surface area contributed by atoms with Crippen LogP contribution in [0, 0.1) is 15.9 Å². The predicted molar refractivity (Wildman–Crippen MR) is 113 cm³/mol. The Hall–Kier alpha value is -3.95. The van der Waals surface area contributed by atoms with E-state index in [1.807, 2.05) is 4.90 Å². The zero-order chi connectivity index (χ0) is 21.8. The minimum absolute atomic E-state index is 0.165. The molecule has 9 nitrogen and oxygen atoms in total. The summed E-state index contributed by atoms with van der Waals surface area (Å²) in [6.45, 7) is 1.84. The van der Waals surface area contributed by atoms with Gasteiger partial charge in [-0.05, 0) is 24.3 Å². The van der Waals surface area contributed by atoms with E-state index < -0.39 is 4.92 Å². The molecule has 1 saturated heterocycles. The summed E-state index contributed by atoms with van der Waals surface area (Å²) in [6, 6.07) is 13.4. The quantitative estimate of drug-likeness (QED) is 0.436. The molecular formula is C21H20FN5O4. The Morgan fingerprint density at radius 2 is 1.61 bits per heavy atom. The van der Waals surface area contributed by atoms with Crippen LogP contribution in [0.2, 0.25) is 0 Å². The lowest BCUT2D eigenvalue weighted by Gasteiger charge is -2.36. The highest BCUT2D eigenvalue weighted by molar-refractivity contribution is 5.64. The predicted octanol–water partition coefficient (Wildman–Crippen LogP) is 3.65. The summed E-state index contributed by atoms with van der Waals surface area (Å²) in [5.74, 6) is 0.433. The number of anilines is 2. The van der Waals surface area contributed by atoms with E-state index in [2.05, 4.69) is 9.97 Å². The molecule has 2 heterocycles. The molecule has 0 saturated carbocycles. The number of nitro groups is 1. The maximum Gasteiger partial charge on any atom is 0.373 e. The smallest absolute Gasteiger partial charge is 0.373 e. The molecule has 0 spiro atoms. The van der Waals surface area contributed by atoms with Crippen LogP contribution in [0.25, 0.3) is 0 Å². The van der Waals surface area contributed by atoms with E-state index in [4.69, 9.17) is 9.47 Å². The normalized spacial score (nSPS) is 13.7. The van der Waals surface area contributed by atoms with E-state index in [-0.39, 0.29) is 23.2 Å². The van der Waals surface area contributed by atoms with Crippen LogP contribution in [0.3, 0.4) is 0 Å². The Bertz CT molecular complexity index is 1090. The van der Waals surface area contributed by atoms with Crippen LogP contribution in [-0.4, -0.2) is 48.2 Å². The highest BCUT2D eigenvalue weighted by Crippen LogP contribution is 2.39. The Kier molecular flexibility index (Phi) is 5.78. The van der Waals surface area contributed by atoms with E-state index in [0.717, 1.165) is 0 Å². The van der Waals surface area contributed by atoms with Crippen molar-refractivity contribution < 1.29 is 18.8 Å². The number of aromatic nitrogens is 2. The topological polar surface area (TPSA) is 93.9 Å². The van der Waals surface area contributed by atoms with Gasteiger partial charge in [-0.25, -0.2) is 9.37 Å². The van der Waals surface area contributed by atoms with Crippen LogP contribution in [-0.2, 0) is 0 Å². The van der Waals surface area contributed by atoms with E-state index in [1.165, 1.54) is 19.5 Å². The standard InChI is InChI=1S/C21H20FN5O4/c1-30-17-8-4-5-9-18(17)31-21-19(27(28)29)20(23-14-24-21)26-12-10-25(11-13-26)16-7-3-2-6-15(16)22/h2-9,14H,10-13H2,1H3. The molecule has 0 amide bonds. The van der Waals surface area contributed by atoms with Crippen LogP contribution in [0.4, 0.5) is 21.6 Å². The number of piperazine rings is 1. The Morgan fingerprint density at radius 1 is 0.968 bits per heavy atom. The third kappa shape index (κ3) is 4.18. The summed E-state index contributed by atoms with van der Waals surface area (Å²) in [5, 5.41) is 11.9. The van der Waals surface area contributed by atoms with Crippen LogP contribution in [0.15, 0.2) is 54.9 Å². The van der Waals surface area contributed by atoms with Gasteiger partial charge in [0.2, 0.25) is 5.82 Å². The molecule has 0 aliphatic carbocycles. The number of ether oxygens (including phenoxy) is 2. The largest absolute Gasteiger partial charge is 0.493 e. The first-order valence-corrected chi connectivity index (χ1v) is 9.63. The molecule has 10 heteroatoms. The molecule has 3 aromatic rings. The number of hydrogen-bond donors (Lipinski definition) is 0. The zero-order valence-electron chi connectivity index (χ0n) is 16.8. The first-order valence-electron chi connectivity index (χ1n) is 9.63. The Labute approximate surface area is 177 Å². The van der Waals surface area contributed by atoms with Gasteiger partial charge in [0.05, 0.1) is 17.7 Å². The lowest BCUT2D eigenvalue weighted by atomic mass is 10.2. The fourth-order valence-corrected chi connectivity index (χ4v) is 3.49. The van der Waals surface area contributed by atoms with Gasteiger partial charge < -0.3 is 19.3 Å². The lowest BCUT2D eigenvalue weighted by molar-refractivity contribution is -0.385. The van der Waals surface area contributed by atoms with Crippen molar-refractivity contribution in [2.75, 3.05) is 43.1 Å². The zero-order valence-corrected chi connectivity index (χ0v) is 16.8. The van der Waals surface area contributed by atoms with Gasteiger partial charge in [-0.15, -0.1) is 0 Å². The van der Waals surface area contributed by atoms with Gasteiger partial charge in [0, 0.05) is 26.2 Å². The van der Waals surface area contributed by atoms with Crippen LogP contribution in [0.1, 0.15) is 0 Å². The Morgan fingerprint density at radius 3 is 2.29 bits per heavy atom. The van der Waals surface area contributed by atoms with Crippen molar-refractivity contribution in [3.05, 3.63) is 70.8 Å². The third-order valence-corrected chi connectivity index (χ3v) is 5.00. The first kappa shape index (κ1) is 20.3. The lowest BCUT2D eigenvalue weighted by Crippen LogP contribution is -2.47. The van der Waals surface area contributed by atoms with Crippen molar-refractivity contribution in [3.8, 4) is 17.4 Å². The maximum absolute atomic E-state index is 14.1. The Balaban J connectivity index is 1.59. The average Bonchev–Trinajstić information content (AvgIpc) is 2.79.